The summed E-state index contributed by atoms with van der Waals surface area (Å²) >= 11 is 4.49. The highest BCUT2D eigenvalue weighted by atomic mass is 32.2. The number of amides is 1. The first-order valence-electron chi connectivity index (χ1n) is 10.6. The van der Waals surface area contributed by atoms with Gasteiger partial charge in [0.15, 0.2) is 4.34 Å². The molecule has 3 heterocycles. The molecule has 4 rings (SSSR count). The number of thiophene rings is 1. The Labute approximate surface area is 193 Å². The van der Waals surface area contributed by atoms with Crippen LogP contribution in [-0.4, -0.2) is 49.5 Å². The highest BCUT2D eigenvalue weighted by Crippen LogP contribution is 2.29. The summed E-state index contributed by atoms with van der Waals surface area (Å²) in [7, 11) is 0. The lowest BCUT2D eigenvalue weighted by Crippen LogP contribution is -2.32. The van der Waals surface area contributed by atoms with Gasteiger partial charge in [-0.2, -0.15) is 0 Å². The van der Waals surface area contributed by atoms with Gasteiger partial charge in [0.25, 0.3) is 5.89 Å². The van der Waals surface area contributed by atoms with Crippen molar-refractivity contribution in [2.75, 3.05) is 17.6 Å². The molecule has 0 radical (unpaired) electrons. The molecule has 0 unspecified atom stereocenters. The summed E-state index contributed by atoms with van der Waals surface area (Å²) in [6.07, 6.45) is 7.11. The molecule has 1 aliphatic rings. The molecular weight excluding hydrogens is 452 g/mol. The Bertz CT molecular complexity index is 952. The number of nitrogens with zero attached hydrogens (tertiary/aromatic N) is 5. The van der Waals surface area contributed by atoms with Crippen molar-refractivity contribution in [3.8, 4) is 10.8 Å². The highest BCUT2D eigenvalue weighted by molar-refractivity contribution is 8.01. The van der Waals surface area contributed by atoms with Gasteiger partial charge in [0.2, 0.25) is 16.9 Å². The lowest BCUT2D eigenvalue weighted by atomic mass is 9.96. The largest absolute Gasteiger partial charge is 0.418 e. The van der Waals surface area contributed by atoms with E-state index < -0.39 is 0 Å². The molecule has 166 valence electrons. The van der Waals surface area contributed by atoms with Crippen LogP contribution in [0.4, 0.5) is 5.13 Å². The van der Waals surface area contributed by atoms with Crippen LogP contribution in [0.1, 0.15) is 51.3 Å². The summed E-state index contributed by atoms with van der Waals surface area (Å²) in [5, 5.41) is 23.0. The predicted octanol–water partition coefficient (Wildman–Crippen LogP) is 4.93. The van der Waals surface area contributed by atoms with Gasteiger partial charge in [0, 0.05) is 12.6 Å². The lowest BCUT2D eigenvalue weighted by molar-refractivity contribution is -0.129. The minimum absolute atomic E-state index is 0.0275. The molecule has 1 amide bonds. The van der Waals surface area contributed by atoms with Gasteiger partial charge >= 0.3 is 0 Å². The minimum atomic E-state index is 0.0275. The average molecular weight is 479 g/mol. The second-order valence-electron chi connectivity index (χ2n) is 7.43. The Balaban J connectivity index is 1.29. The van der Waals surface area contributed by atoms with Crippen molar-refractivity contribution in [1.82, 2.24) is 25.3 Å². The maximum absolute atomic E-state index is 12.8. The fraction of sp³-hybridized carbons (Fsp3) is 0.550. The maximum Gasteiger partial charge on any atom is 0.257 e. The summed E-state index contributed by atoms with van der Waals surface area (Å²) in [5.41, 5.74) is 0. The molecule has 0 aromatic carbocycles. The number of rotatable bonds is 10. The van der Waals surface area contributed by atoms with Crippen LogP contribution in [0.15, 0.2) is 26.3 Å². The van der Waals surface area contributed by atoms with Gasteiger partial charge in [-0.25, -0.2) is 0 Å². The van der Waals surface area contributed by atoms with Gasteiger partial charge < -0.3 is 14.6 Å². The average Bonchev–Trinajstić information content (AvgIpc) is 3.54. The zero-order valence-electron chi connectivity index (χ0n) is 17.5. The Kier molecular flexibility index (Phi) is 7.92. The number of carbonyl (C=O) groups excluding carboxylic acids is 1. The Morgan fingerprint density at radius 1 is 1.26 bits per heavy atom. The third-order valence-corrected chi connectivity index (χ3v) is 7.86. The third-order valence-electron chi connectivity index (χ3n) is 5.03. The molecule has 1 aliphatic carbocycles. The van der Waals surface area contributed by atoms with Crippen LogP contribution in [0.25, 0.3) is 10.8 Å². The van der Waals surface area contributed by atoms with E-state index >= 15 is 0 Å². The van der Waals surface area contributed by atoms with E-state index in [0.29, 0.717) is 36.7 Å². The van der Waals surface area contributed by atoms with Gasteiger partial charge in [-0.1, -0.05) is 55.4 Å². The van der Waals surface area contributed by atoms with Crippen molar-refractivity contribution < 1.29 is 9.21 Å². The summed E-state index contributed by atoms with van der Waals surface area (Å²) in [4.78, 5) is 15.5. The predicted molar refractivity (Wildman–Crippen MR) is 124 cm³/mol. The Hall–Kier alpha value is -1.98. The summed E-state index contributed by atoms with van der Waals surface area (Å²) in [5.74, 6) is 1.28. The highest BCUT2D eigenvalue weighted by Gasteiger charge is 2.20. The topological polar surface area (TPSA) is 97.0 Å². The van der Waals surface area contributed by atoms with Gasteiger partial charge in [-0.15, -0.1) is 31.7 Å². The van der Waals surface area contributed by atoms with E-state index in [2.05, 4.69) is 25.7 Å². The molecule has 0 aliphatic heterocycles. The first-order chi connectivity index (χ1) is 15.2. The first-order valence-corrected chi connectivity index (χ1v) is 13.3. The van der Waals surface area contributed by atoms with Gasteiger partial charge in [0.1, 0.15) is 0 Å². The van der Waals surface area contributed by atoms with Crippen LogP contribution in [0.3, 0.4) is 0 Å². The third kappa shape index (κ3) is 6.27. The van der Waals surface area contributed by atoms with Crippen LogP contribution in [0.2, 0.25) is 0 Å². The number of anilines is 1. The Morgan fingerprint density at radius 3 is 2.90 bits per heavy atom. The number of aromatic nitrogens is 4. The van der Waals surface area contributed by atoms with Crippen LogP contribution < -0.4 is 5.32 Å². The fourth-order valence-electron chi connectivity index (χ4n) is 3.51. The minimum Gasteiger partial charge on any atom is -0.418 e. The van der Waals surface area contributed by atoms with Crippen LogP contribution >= 0.6 is 34.4 Å². The summed E-state index contributed by atoms with van der Waals surface area (Å²) < 4.78 is 6.56. The molecule has 1 fully saturated rings. The number of nitrogens with one attached hydrogen (secondary N) is 1. The second-order valence-corrected chi connectivity index (χ2v) is 10.6. The van der Waals surface area contributed by atoms with E-state index in [0.717, 1.165) is 20.8 Å². The van der Waals surface area contributed by atoms with Gasteiger partial charge in [0.05, 0.1) is 17.2 Å². The van der Waals surface area contributed by atoms with Crippen molar-refractivity contribution in [3.05, 3.63) is 23.4 Å². The van der Waals surface area contributed by atoms with Crippen molar-refractivity contribution in [2.24, 2.45) is 0 Å². The van der Waals surface area contributed by atoms with Crippen molar-refractivity contribution >= 4 is 45.5 Å². The van der Waals surface area contributed by atoms with Crippen LogP contribution in [0, 0.1) is 0 Å². The standard InChI is InChI=1S/C20H26N6O2S3/c1-2-10-26(12-16-22-23-18(28-16)15-9-6-11-29-15)17(27)13-30-20-25-24-19(31-20)21-14-7-4-3-5-8-14/h6,9,11,14H,2-5,7-8,10,12-13H2,1H3,(H,21,24). The fourth-order valence-corrected chi connectivity index (χ4v) is 5.88. The molecule has 0 bridgehead atoms. The van der Waals surface area contributed by atoms with Gasteiger partial charge in [-0.05, 0) is 30.7 Å². The smallest absolute Gasteiger partial charge is 0.257 e. The quantitative estimate of drug-likeness (QED) is 0.410. The van der Waals surface area contributed by atoms with E-state index in [1.165, 1.54) is 55.2 Å². The maximum atomic E-state index is 12.8. The van der Waals surface area contributed by atoms with E-state index in [-0.39, 0.29) is 5.91 Å². The zero-order chi connectivity index (χ0) is 21.5. The zero-order valence-corrected chi connectivity index (χ0v) is 19.9. The molecule has 0 spiro atoms. The van der Waals surface area contributed by atoms with E-state index in [1.807, 2.05) is 24.4 Å². The van der Waals surface area contributed by atoms with Gasteiger partial charge in [-0.3, -0.25) is 4.79 Å². The molecule has 8 nitrogen and oxygen atoms in total. The lowest BCUT2D eigenvalue weighted by Gasteiger charge is -2.21. The SMILES string of the molecule is CCCN(Cc1nnc(-c2cccs2)o1)C(=O)CSc1nnc(NC2CCCCC2)s1. The molecule has 31 heavy (non-hydrogen) atoms. The summed E-state index contributed by atoms with van der Waals surface area (Å²) in [6, 6.07) is 4.37. The molecule has 1 saturated carbocycles. The molecule has 0 saturated heterocycles. The van der Waals surface area contributed by atoms with Crippen LogP contribution in [0.5, 0.6) is 0 Å². The van der Waals surface area contributed by atoms with Crippen LogP contribution in [-0.2, 0) is 11.3 Å². The number of thioether (sulfide) groups is 1. The number of hydrogen-bond donors (Lipinski definition) is 1. The van der Waals surface area contributed by atoms with E-state index in [9.17, 15) is 4.79 Å². The van der Waals surface area contributed by atoms with E-state index in [1.54, 1.807) is 16.2 Å². The summed E-state index contributed by atoms with van der Waals surface area (Å²) in [6.45, 7) is 3.00. The first kappa shape index (κ1) is 22.2. The monoisotopic (exact) mass is 478 g/mol. The second kappa shape index (κ2) is 11.1. The molecule has 3 aromatic heterocycles. The molecule has 3 aromatic rings. The molecule has 1 N–H and O–H groups in total. The molecular formula is C20H26N6O2S3. The van der Waals surface area contributed by atoms with Crippen molar-refractivity contribution in [1.29, 1.82) is 0 Å². The normalized spacial score (nSPS) is 14.6. The Morgan fingerprint density at radius 2 is 2.13 bits per heavy atom. The number of carbonyl (C=O) groups is 1. The molecule has 0 atom stereocenters. The molecule has 11 heteroatoms. The number of hydrogen-bond acceptors (Lipinski definition) is 10. The van der Waals surface area contributed by atoms with Crippen molar-refractivity contribution in [3.63, 3.8) is 0 Å². The van der Waals surface area contributed by atoms with Crippen molar-refractivity contribution in [2.45, 2.75) is 62.4 Å². The van der Waals surface area contributed by atoms with E-state index in [4.69, 9.17) is 4.42 Å².